The first kappa shape index (κ1) is 17.5. The summed E-state index contributed by atoms with van der Waals surface area (Å²) in [5.74, 6) is 0. The van der Waals surface area contributed by atoms with E-state index in [9.17, 15) is 18.5 Å². The summed E-state index contributed by atoms with van der Waals surface area (Å²) < 4.78 is 26.4. The van der Waals surface area contributed by atoms with Crippen LogP contribution in [0.4, 0.5) is 5.69 Å². The number of hydrogen-bond donors (Lipinski definition) is 4. The van der Waals surface area contributed by atoms with Gasteiger partial charge in [0.1, 0.15) is 5.54 Å². The van der Waals surface area contributed by atoms with Crippen LogP contribution in [-0.4, -0.2) is 54.0 Å². The molecular weight excluding hydrogens is 304 g/mol. The van der Waals surface area contributed by atoms with E-state index in [0.29, 0.717) is 0 Å². The minimum atomic E-state index is -4.18. The zero-order valence-corrected chi connectivity index (χ0v) is 12.0. The number of rotatable bonds is 7. The smallest absolute Gasteiger partial charge is 0.269 e. The molecule has 4 N–H and O–H groups in total. The van der Waals surface area contributed by atoms with Crippen molar-refractivity contribution in [3.05, 3.63) is 33.9 Å². The molecule has 0 radical (unpaired) electrons. The van der Waals surface area contributed by atoms with Gasteiger partial charge in [-0.15, -0.1) is 0 Å². The zero-order chi connectivity index (χ0) is 16.3. The van der Waals surface area contributed by atoms with Crippen molar-refractivity contribution in [2.45, 2.75) is 17.4 Å². The monoisotopic (exact) mass is 320 g/mol. The maximum absolute atomic E-state index is 12.2. The van der Waals surface area contributed by atoms with Crippen molar-refractivity contribution in [3.8, 4) is 0 Å². The molecule has 0 aromatic heterocycles. The van der Waals surface area contributed by atoms with Gasteiger partial charge in [-0.25, -0.2) is 8.42 Å². The molecule has 0 fully saturated rings. The number of sulfonamides is 1. The predicted octanol–water partition coefficient (Wildman–Crippen LogP) is -1.10. The van der Waals surface area contributed by atoms with Gasteiger partial charge in [-0.3, -0.25) is 10.1 Å². The summed E-state index contributed by atoms with van der Waals surface area (Å²) in [4.78, 5) is 9.72. The van der Waals surface area contributed by atoms with Crippen LogP contribution in [0, 0.1) is 17.0 Å². The van der Waals surface area contributed by atoms with E-state index in [-0.39, 0.29) is 16.1 Å². The number of aliphatic hydroxyl groups is 3. The lowest BCUT2D eigenvalue weighted by atomic mass is 10.1. The highest BCUT2D eigenvalue weighted by molar-refractivity contribution is 7.89. The van der Waals surface area contributed by atoms with Crippen molar-refractivity contribution in [1.82, 2.24) is 4.72 Å². The Morgan fingerprint density at radius 3 is 2.14 bits per heavy atom. The molecule has 1 aromatic carbocycles. The summed E-state index contributed by atoms with van der Waals surface area (Å²) in [6, 6.07) is 3.17. The Kier molecular flexibility index (Phi) is 5.36. The number of benzene rings is 1. The summed E-state index contributed by atoms with van der Waals surface area (Å²) in [6.07, 6.45) is 0. The molecule has 1 aromatic rings. The molecule has 0 heterocycles. The summed E-state index contributed by atoms with van der Waals surface area (Å²) in [6.45, 7) is -1.07. The van der Waals surface area contributed by atoms with Crippen LogP contribution >= 0.6 is 0 Å². The molecule has 0 saturated carbocycles. The number of nitro groups is 1. The van der Waals surface area contributed by atoms with Gasteiger partial charge in [-0.05, 0) is 18.6 Å². The molecule has 0 aliphatic rings. The molecule has 1 rings (SSSR count). The lowest BCUT2D eigenvalue weighted by molar-refractivity contribution is -0.385. The van der Waals surface area contributed by atoms with E-state index >= 15 is 0 Å². The highest BCUT2D eigenvalue weighted by Crippen LogP contribution is 2.22. The third-order valence-corrected chi connectivity index (χ3v) is 4.66. The van der Waals surface area contributed by atoms with E-state index in [1.165, 1.54) is 6.92 Å². The molecule has 21 heavy (non-hydrogen) atoms. The maximum atomic E-state index is 12.2. The lowest BCUT2D eigenvalue weighted by Gasteiger charge is -2.28. The fourth-order valence-corrected chi connectivity index (χ4v) is 3.24. The number of nitrogens with zero attached hydrogens (tertiary/aromatic N) is 1. The quantitative estimate of drug-likeness (QED) is 0.368. The molecule has 0 bridgehead atoms. The minimum absolute atomic E-state index is 0.124. The van der Waals surface area contributed by atoms with Gasteiger partial charge in [0, 0.05) is 12.1 Å². The Balaban J connectivity index is 3.23. The van der Waals surface area contributed by atoms with Crippen LogP contribution in [0.25, 0.3) is 0 Å². The Labute approximate surface area is 121 Å². The molecule has 0 spiro atoms. The van der Waals surface area contributed by atoms with E-state index < -0.39 is 40.3 Å². The van der Waals surface area contributed by atoms with Crippen LogP contribution in [0.15, 0.2) is 23.1 Å². The highest BCUT2D eigenvalue weighted by Gasteiger charge is 2.34. The average molecular weight is 320 g/mol. The Morgan fingerprint density at radius 2 is 1.76 bits per heavy atom. The van der Waals surface area contributed by atoms with E-state index in [1.54, 1.807) is 0 Å². The topological polar surface area (TPSA) is 150 Å². The second-order valence-corrected chi connectivity index (χ2v) is 6.22. The number of nitrogens with one attached hydrogen (secondary N) is 1. The molecule has 10 heteroatoms. The summed E-state index contributed by atoms with van der Waals surface area (Å²) >= 11 is 0. The Bertz CT molecular complexity index is 617. The first-order valence-corrected chi connectivity index (χ1v) is 7.31. The third kappa shape index (κ3) is 3.74. The third-order valence-electron chi connectivity index (χ3n) is 2.92. The summed E-state index contributed by atoms with van der Waals surface area (Å²) in [7, 11) is -4.18. The van der Waals surface area contributed by atoms with E-state index in [1.807, 2.05) is 4.72 Å². The molecule has 0 unspecified atom stereocenters. The van der Waals surface area contributed by atoms with E-state index in [4.69, 9.17) is 15.3 Å². The van der Waals surface area contributed by atoms with Crippen LogP contribution in [-0.2, 0) is 10.0 Å². The largest absolute Gasteiger partial charge is 0.394 e. The van der Waals surface area contributed by atoms with Crippen molar-refractivity contribution in [2.75, 3.05) is 19.8 Å². The molecule has 0 amide bonds. The first-order chi connectivity index (χ1) is 9.71. The normalized spacial score (nSPS) is 12.4. The highest BCUT2D eigenvalue weighted by atomic mass is 32.2. The van der Waals surface area contributed by atoms with Crippen LogP contribution in [0.1, 0.15) is 5.56 Å². The minimum Gasteiger partial charge on any atom is -0.394 e. The standard InChI is InChI=1S/C11H16N2O7S/c1-8-4-9(13(17)18)2-3-10(8)21(19,20)12-11(5-14,6-15)7-16/h2-4,12,14-16H,5-7H2,1H3. The molecule has 9 nitrogen and oxygen atoms in total. The Hall–Kier alpha value is -1.59. The second kappa shape index (κ2) is 6.45. The van der Waals surface area contributed by atoms with E-state index in [2.05, 4.69) is 0 Å². The summed E-state index contributed by atoms with van der Waals surface area (Å²) in [5, 5.41) is 38.0. The number of aliphatic hydroxyl groups excluding tert-OH is 3. The first-order valence-electron chi connectivity index (χ1n) is 5.83. The Morgan fingerprint density at radius 1 is 1.24 bits per heavy atom. The number of nitro benzene ring substituents is 1. The van der Waals surface area contributed by atoms with Crippen molar-refractivity contribution in [2.24, 2.45) is 0 Å². The van der Waals surface area contributed by atoms with Gasteiger partial charge in [-0.2, -0.15) is 4.72 Å². The van der Waals surface area contributed by atoms with Crippen LogP contribution < -0.4 is 4.72 Å². The molecule has 0 aliphatic heterocycles. The number of hydrogen-bond acceptors (Lipinski definition) is 7. The van der Waals surface area contributed by atoms with Crippen LogP contribution in [0.5, 0.6) is 0 Å². The fraction of sp³-hybridized carbons (Fsp3) is 0.455. The van der Waals surface area contributed by atoms with Crippen molar-refractivity contribution in [3.63, 3.8) is 0 Å². The fourth-order valence-electron chi connectivity index (χ4n) is 1.64. The predicted molar refractivity (Wildman–Crippen MR) is 72.1 cm³/mol. The van der Waals surface area contributed by atoms with Crippen molar-refractivity contribution in [1.29, 1.82) is 0 Å². The van der Waals surface area contributed by atoms with Gasteiger partial charge >= 0.3 is 0 Å². The van der Waals surface area contributed by atoms with Crippen molar-refractivity contribution >= 4 is 15.7 Å². The van der Waals surface area contributed by atoms with Gasteiger partial charge in [0.15, 0.2) is 0 Å². The van der Waals surface area contributed by atoms with Gasteiger partial charge in [0.2, 0.25) is 10.0 Å². The average Bonchev–Trinajstić information content (AvgIpc) is 2.44. The second-order valence-electron chi connectivity index (χ2n) is 4.57. The lowest BCUT2D eigenvalue weighted by Crippen LogP contribution is -2.56. The van der Waals surface area contributed by atoms with Gasteiger partial charge in [-0.1, -0.05) is 0 Å². The number of aryl methyl sites for hydroxylation is 1. The van der Waals surface area contributed by atoms with Gasteiger partial charge in [0.05, 0.1) is 29.6 Å². The maximum Gasteiger partial charge on any atom is 0.269 e. The zero-order valence-electron chi connectivity index (χ0n) is 11.2. The molecule has 0 atom stereocenters. The van der Waals surface area contributed by atoms with Crippen LogP contribution in [0.3, 0.4) is 0 Å². The summed E-state index contributed by atoms with van der Waals surface area (Å²) in [5.41, 5.74) is -1.95. The van der Waals surface area contributed by atoms with E-state index in [0.717, 1.165) is 18.2 Å². The molecular formula is C11H16N2O7S. The SMILES string of the molecule is Cc1cc([N+](=O)[O-])ccc1S(=O)(=O)NC(CO)(CO)CO. The number of non-ortho nitro benzene ring substituents is 1. The molecule has 0 aliphatic carbocycles. The van der Waals surface area contributed by atoms with Gasteiger partial charge in [0.25, 0.3) is 5.69 Å². The molecule has 0 saturated heterocycles. The molecule has 118 valence electrons. The van der Waals surface area contributed by atoms with Crippen molar-refractivity contribution < 1.29 is 28.7 Å². The van der Waals surface area contributed by atoms with Gasteiger partial charge < -0.3 is 15.3 Å². The van der Waals surface area contributed by atoms with Crippen LogP contribution in [0.2, 0.25) is 0 Å².